The van der Waals surface area contributed by atoms with Gasteiger partial charge in [-0.2, -0.15) is 0 Å². The molecule has 5 heteroatoms. The molecule has 2 aromatic carbocycles. The van der Waals surface area contributed by atoms with Gasteiger partial charge in [0, 0.05) is 30.9 Å². The number of nitrogens with zero attached hydrogens (tertiary/aromatic N) is 2. The summed E-state index contributed by atoms with van der Waals surface area (Å²) in [4.78, 5) is 26.6. The van der Waals surface area contributed by atoms with Crippen LogP contribution in [0.1, 0.15) is 40.9 Å². The third-order valence-corrected chi connectivity index (χ3v) is 5.24. The molecule has 0 radical (unpaired) electrons. The zero-order chi connectivity index (χ0) is 21.3. The van der Waals surface area contributed by atoms with Crippen LogP contribution in [0.4, 0.5) is 0 Å². The largest absolute Gasteiger partial charge is 0.348 e. The first-order valence-electron chi connectivity index (χ1n) is 10.4. The predicted octanol–water partition coefficient (Wildman–Crippen LogP) is 3.67. The number of carbonyl (C=O) groups excluding carboxylic acids is 1. The number of carbonyl (C=O) groups is 1. The zero-order valence-corrected chi connectivity index (χ0v) is 17.7. The van der Waals surface area contributed by atoms with E-state index in [0.29, 0.717) is 18.7 Å². The van der Waals surface area contributed by atoms with Crippen LogP contribution in [0.5, 0.6) is 0 Å². The molecule has 30 heavy (non-hydrogen) atoms. The molecule has 0 spiro atoms. The van der Waals surface area contributed by atoms with Crippen molar-refractivity contribution in [2.75, 3.05) is 13.1 Å². The summed E-state index contributed by atoms with van der Waals surface area (Å²) in [6, 6.07) is 20.9. The minimum atomic E-state index is -0.0793. The Morgan fingerprint density at radius 3 is 2.13 bits per heavy atom. The van der Waals surface area contributed by atoms with Gasteiger partial charge in [-0.25, -0.2) is 0 Å². The lowest BCUT2D eigenvalue weighted by atomic mass is 10.1. The molecule has 0 atom stereocenters. The van der Waals surface area contributed by atoms with Crippen LogP contribution >= 0.6 is 0 Å². The average molecular weight is 404 g/mol. The monoisotopic (exact) mass is 403 g/mol. The Morgan fingerprint density at radius 2 is 1.50 bits per heavy atom. The van der Waals surface area contributed by atoms with Crippen molar-refractivity contribution in [1.82, 2.24) is 14.8 Å². The molecule has 3 rings (SSSR count). The van der Waals surface area contributed by atoms with E-state index in [9.17, 15) is 9.59 Å². The highest BCUT2D eigenvalue weighted by atomic mass is 16.1. The number of pyridine rings is 1. The molecule has 5 nitrogen and oxygen atoms in total. The number of aromatic nitrogens is 1. The zero-order valence-electron chi connectivity index (χ0n) is 17.7. The normalized spacial score (nSPS) is 10.9. The minimum absolute atomic E-state index is 0.0167. The molecular weight excluding hydrogens is 374 g/mol. The molecule has 1 heterocycles. The van der Waals surface area contributed by atoms with Crippen molar-refractivity contribution in [3.63, 3.8) is 0 Å². The van der Waals surface area contributed by atoms with Crippen LogP contribution in [0.15, 0.2) is 77.7 Å². The van der Waals surface area contributed by atoms with Crippen LogP contribution in [0.3, 0.4) is 0 Å². The highest BCUT2D eigenvalue weighted by Crippen LogP contribution is 2.09. The molecule has 0 aliphatic heterocycles. The van der Waals surface area contributed by atoms with E-state index in [4.69, 9.17) is 0 Å². The van der Waals surface area contributed by atoms with Gasteiger partial charge >= 0.3 is 0 Å². The van der Waals surface area contributed by atoms with E-state index in [1.807, 2.05) is 54.6 Å². The SMILES string of the molecule is CCN(CC)Cc1ccc(C(=O)NCc2ccc(Cn3ccccc3=O)cc2)cc1. The van der Waals surface area contributed by atoms with Gasteiger partial charge in [-0.1, -0.05) is 56.3 Å². The van der Waals surface area contributed by atoms with Gasteiger partial charge < -0.3 is 9.88 Å². The molecule has 0 saturated carbocycles. The molecule has 0 fully saturated rings. The van der Waals surface area contributed by atoms with Crippen molar-refractivity contribution in [2.45, 2.75) is 33.5 Å². The van der Waals surface area contributed by atoms with Gasteiger partial charge in [0.2, 0.25) is 0 Å². The second kappa shape index (κ2) is 10.6. The smallest absolute Gasteiger partial charge is 0.251 e. The van der Waals surface area contributed by atoms with E-state index in [1.54, 1.807) is 22.9 Å². The van der Waals surface area contributed by atoms with Crippen LogP contribution in [-0.2, 0) is 19.6 Å². The fourth-order valence-corrected chi connectivity index (χ4v) is 3.30. The van der Waals surface area contributed by atoms with E-state index in [0.717, 1.165) is 30.8 Å². The fraction of sp³-hybridized carbons (Fsp3) is 0.280. The molecular formula is C25H29N3O2. The highest BCUT2D eigenvalue weighted by molar-refractivity contribution is 5.94. The first-order valence-corrected chi connectivity index (χ1v) is 10.4. The van der Waals surface area contributed by atoms with Crippen molar-refractivity contribution in [3.8, 4) is 0 Å². The molecule has 0 unspecified atom stereocenters. The summed E-state index contributed by atoms with van der Waals surface area (Å²) in [5, 5.41) is 2.97. The lowest BCUT2D eigenvalue weighted by Crippen LogP contribution is -2.23. The fourth-order valence-electron chi connectivity index (χ4n) is 3.30. The highest BCUT2D eigenvalue weighted by Gasteiger charge is 2.07. The maximum atomic E-state index is 12.4. The molecule has 0 aliphatic carbocycles. The van der Waals surface area contributed by atoms with E-state index < -0.39 is 0 Å². The summed E-state index contributed by atoms with van der Waals surface area (Å²) in [7, 11) is 0. The van der Waals surface area contributed by atoms with Gasteiger partial charge in [-0.3, -0.25) is 14.5 Å². The molecule has 156 valence electrons. The second-order valence-corrected chi connectivity index (χ2v) is 7.32. The molecule has 1 amide bonds. The Labute approximate surface area is 178 Å². The standard InChI is InChI=1S/C25H29N3O2/c1-3-27(4-2)18-21-12-14-23(15-13-21)25(30)26-17-20-8-10-22(11-9-20)19-28-16-6-5-7-24(28)29/h5-16H,3-4,17-19H2,1-2H3,(H,26,30). The quantitative estimate of drug-likeness (QED) is 0.593. The predicted molar refractivity (Wildman–Crippen MR) is 120 cm³/mol. The van der Waals surface area contributed by atoms with Crippen molar-refractivity contribution >= 4 is 5.91 Å². The van der Waals surface area contributed by atoms with Gasteiger partial charge in [0.15, 0.2) is 0 Å². The Hall–Kier alpha value is -3.18. The van der Waals surface area contributed by atoms with Crippen LogP contribution in [0, 0.1) is 0 Å². The number of amides is 1. The Morgan fingerprint density at radius 1 is 0.867 bits per heavy atom. The van der Waals surface area contributed by atoms with Crippen molar-refractivity contribution < 1.29 is 4.79 Å². The first kappa shape index (κ1) is 21.5. The van der Waals surface area contributed by atoms with Crippen molar-refractivity contribution in [1.29, 1.82) is 0 Å². The molecule has 0 aliphatic rings. The van der Waals surface area contributed by atoms with Crippen molar-refractivity contribution in [3.05, 3.63) is 106 Å². The summed E-state index contributed by atoms with van der Waals surface area (Å²) in [5.74, 6) is -0.0793. The van der Waals surface area contributed by atoms with Crippen LogP contribution in [-0.4, -0.2) is 28.5 Å². The second-order valence-electron chi connectivity index (χ2n) is 7.32. The molecule has 1 aromatic heterocycles. The van der Waals surface area contributed by atoms with Crippen LogP contribution < -0.4 is 10.9 Å². The minimum Gasteiger partial charge on any atom is -0.348 e. The van der Waals surface area contributed by atoms with Gasteiger partial charge in [-0.15, -0.1) is 0 Å². The molecule has 1 N–H and O–H groups in total. The Kier molecular flexibility index (Phi) is 7.57. The van der Waals surface area contributed by atoms with Gasteiger partial charge in [-0.05, 0) is 48.0 Å². The van der Waals surface area contributed by atoms with E-state index in [-0.39, 0.29) is 11.5 Å². The average Bonchev–Trinajstić information content (AvgIpc) is 2.78. The molecule has 0 bridgehead atoms. The van der Waals surface area contributed by atoms with Gasteiger partial charge in [0.05, 0.1) is 6.54 Å². The van der Waals surface area contributed by atoms with Gasteiger partial charge in [0.1, 0.15) is 0 Å². The number of benzene rings is 2. The van der Waals surface area contributed by atoms with Crippen LogP contribution in [0.2, 0.25) is 0 Å². The molecule has 0 saturated heterocycles. The van der Waals surface area contributed by atoms with E-state index >= 15 is 0 Å². The number of hydrogen-bond donors (Lipinski definition) is 1. The topological polar surface area (TPSA) is 54.3 Å². The van der Waals surface area contributed by atoms with E-state index in [2.05, 4.69) is 24.1 Å². The summed E-state index contributed by atoms with van der Waals surface area (Å²) >= 11 is 0. The lowest BCUT2D eigenvalue weighted by Gasteiger charge is -2.18. The van der Waals surface area contributed by atoms with Crippen molar-refractivity contribution in [2.24, 2.45) is 0 Å². The summed E-state index contributed by atoms with van der Waals surface area (Å²) < 4.78 is 1.67. The lowest BCUT2D eigenvalue weighted by molar-refractivity contribution is 0.0951. The summed E-state index contributed by atoms with van der Waals surface area (Å²) in [6.07, 6.45) is 1.78. The maximum Gasteiger partial charge on any atom is 0.251 e. The Bertz CT molecular complexity index is 1000. The summed E-state index contributed by atoms with van der Waals surface area (Å²) in [6.45, 7) is 8.23. The number of hydrogen-bond acceptors (Lipinski definition) is 3. The first-order chi connectivity index (χ1) is 14.6. The maximum absolute atomic E-state index is 12.4. The number of nitrogens with one attached hydrogen (secondary N) is 1. The Balaban J connectivity index is 1.53. The third-order valence-electron chi connectivity index (χ3n) is 5.24. The molecule has 3 aromatic rings. The summed E-state index contributed by atoms with van der Waals surface area (Å²) in [5.41, 5.74) is 3.92. The third kappa shape index (κ3) is 5.91. The number of rotatable bonds is 9. The van der Waals surface area contributed by atoms with Crippen LogP contribution in [0.25, 0.3) is 0 Å². The van der Waals surface area contributed by atoms with E-state index in [1.165, 1.54) is 5.56 Å². The van der Waals surface area contributed by atoms with Gasteiger partial charge in [0.25, 0.3) is 11.5 Å².